The molecule has 106 valence electrons. The molecule has 1 amide bonds. The Labute approximate surface area is 113 Å². The van der Waals surface area contributed by atoms with Gasteiger partial charge in [-0.3, -0.25) is 4.79 Å². The van der Waals surface area contributed by atoms with Crippen molar-refractivity contribution in [2.24, 2.45) is 5.73 Å². The fraction of sp³-hybridized carbons (Fsp3) is 0.417. The van der Waals surface area contributed by atoms with Gasteiger partial charge in [0, 0.05) is 12.3 Å². The van der Waals surface area contributed by atoms with E-state index in [4.69, 9.17) is 11.5 Å². The lowest BCUT2D eigenvalue weighted by Gasteiger charge is -2.29. The summed E-state index contributed by atoms with van der Waals surface area (Å²) in [6, 6.07) is 4.67. The first kappa shape index (κ1) is 15.3. The number of primary amides is 1. The minimum absolute atomic E-state index is 0.0188. The van der Waals surface area contributed by atoms with Crippen LogP contribution in [0.4, 0.5) is 11.4 Å². The molecule has 0 aliphatic heterocycles. The maximum Gasteiger partial charge on any atom is 0.236 e. The van der Waals surface area contributed by atoms with Crippen LogP contribution < -0.4 is 16.4 Å². The molecule has 7 heteroatoms. The molecule has 0 heterocycles. The Hall–Kier alpha value is -1.76. The molecule has 0 aromatic heterocycles. The predicted molar refractivity (Wildman–Crippen MR) is 75.6 cm³/mol. The molecule has 0 atom stereocenters. The quantitative estimate of drug-likeness (QED) is 0.760. The van der Waals surface area contributed by atoms with E-state index in [9.17, 15) is 13.2 Å². The summed E-state index contributed by atoms with van der Waals surface area (Å²) in [5.41, 5.74) is 11.7. The second-order valence-electron chi connectivity index (χ2n) is 4.65. The van der Waals surface area contributed by atoms with Crippen LogP contribution in [0.1, 0.15) is 13.8 Å². The monoisotopic (exact) mass is 285 g/mol. The number of rotatable bonds is 5. The number of nitrogen functional groups attached to an aromatic ring is 1. The lowest BCUT2D eigenvalue weighted by Crippen LogP contribution is -2.39. The van der Waals surface area contributed by atoms with Gasteiger partial charge in [0.15, 0.2) is 9.84 Å². The number of benzene rings is 1. The number of hydrogen-bond acceptors (Lipinski definition) is 5. The van der Waals surface area contributed by atoms with Crippen LogP contribution in [0.15, 0.2) is 23.1 Å². The maximum absolute atomic E-state index is 11.6. The molecule has 0 saturated carbocycles. The van der Waals surface area contributed by atoms with Crippen LogP contribution in [0, 0.1) is 0 Å². The molecule has 0 spiro atoms. The van der Waals surface area contributed by atoms with E-state index in [1.54, 1.807) is 17.0 Å². The summed E-state index contributed by atoms with van der Waals surface area (Å²) in [5.74, 6) is -0.502. The van der Waals surface area contributed by atoms with Gasteiger partial charge >= 0.3 is 0 Å². The van der Waals surface area contributed by atoms with Gasteiger partial charge < -0.3 is 16.4 Å². The largest absolute Gasteiger partial charge is 0.396 e. The zero-order valence-corrected chi connectivity index (χ0v) is 12.1. The van der Waals surface area contributed by atoms with E-state index in [-0.39, 0.29) is 23.2 Å². The zero-order chi connectivity index (χ0) is 14.8. The molecular weight excluding hydrogens is 266 g/mol. The second-order valence-corrected chi connectivity index (χ2v) is 6.63. The Morgan fingerprint density at radius 2 is 1.95 bits per heavy atom. The number of carbonyl (C=O) groups is 1. The third-order valence-electron chi connectivity index (χ3n) is 2.70. The van der Waals surface area contributed by atoms with Gasteiger partial charge in [-0.15, -0.1) is 0 Å². The highest BCUT2D eigenvalue weighted by Crippen LogP contribution is 2.30. The van der Waals surface area contributed by atoms with Crippen LogP contribution in [0.25, 0.3) is 0 Å². The number of para-hydroxylation sites is 1. The molecule has 19 heavy (non-hydrogen) atoms. The van der Waals surface area contributed by atoms with Gasteiger partial charge in [-0.05, 0) is 26.0 Å². The van der Waals surface area contributed by atoms with Crippen molar-refractivity contribution >= 4 is 27.1 Å². The van der Waals surface area contributed by atoms with E-state index < -0.39 is 15.7 Å². The van der Waals surface area contributed by atoms with Crippen molar-refractivity contribution in [1.29, 1.82) is 0 Å². The Bertz CT molecular complexity index is 582. The lowest BCUT2D eigenvalue weighted by molar-refractivity contribution is -0.116. The van der Waals surface area contributed by atoms with Gasteiger partial charge in [0.2, 0.25) is 5.91 Å². The summed E-state index contributed by atoms with van der Waals surface area (Å²) in [6.45, 7) is 3.72. The molecule has 0 radical (unpaired) electrons. The fourth-order valence-corrected chi connectivity index (χ4v) is 2.65. The summed E-state index contributed by atoms with van der Waals surface area (Å²) in [6.07, 6.45) is 1.09. The first-order valence-electron chi connectivity index (χ1n) is 5.78. The van der Waals surface area contributed by atoms with Gasteiger partial charge in [0.1, 0.15) is 0 Å². The van der Waals surface area contributed by atoms with Crippen molar-refractivity contribution in [3.8, 4) is 0 Å². The van der Waals surface area contributed by atoms with Crippen LogP contribution >= 0.6 is 0 Å². The third-order valence-corrected chi connectivity index (χ3v) is 3.86. The van der Waals surface area contributed by atoms with Crippen molar-refractivity contribution < 1.29 is 13.2 Å². The van der Waals surface area contributed by atoms with E-state index in [1.165, 1.54) is 6.07 Å². The first-order chi connectivity index (χ1) is 8.64. The van der Waals surface area contributed by atoms with Gasteiger partial charge in [0.25, 0.3) is 0 Å². The summed E-state index contributed by atoms with van der Waals surface area (Å²) in [7, 11) is -3.41. The molecule has 0 aliphatic rings. The summed E-state index contributed by atoms with van der Waals surface area (Å²) >= 11 is 0. The smallest absolute Gasteiger partial charge is 0.236 e. The molecule has 1 aromatic rings. The molecular formula is C12H19N3O3S. The molecule has 1 rings (SSSR count). The number of carbonyl (C=O) groups excluding carboxylic acids is 1. The first-order valence-corrected chi connectivity index (χ1v) is 7.67. The number of amides is 1. The highest BCUT2D eigenvalue weighted by atomic mass is 32.2. The SMILES string of the molecule is CC(C)N(CC(N)=O)c1cccc(S(C)(=O)=O)c1N. The fourth-order valence-electron chi connectivity index (χ4n) is 1.82. The molecule has 1 aromatic carbocycles. The highest BCUT2D eigenvalue weighted by Gasteiger charge is 2.20. The van der Waals surface area contributed by atoms with Gasteiger partial charge in [-0.1, -0.05) is 6.07 Å². The molecule has 4 N–H and O–H groups in total. The van der Waals surface area contributed by atoms with Crippen molar-refractivity contribution in [3.05, 3.63) is 18.2 Å². The number of hydrogen-bond donors (Lipinski definition) is 2. The van der Waals surface area contributed by atoms with Gasteiger partial charge in [0.05, 0.1) is 22.8 Å². The number of nitrogens with zero attached hydrogens (tertiary/aromatic N) is 1. The normalized spacial score (nSPS) is 11.6. The van der Waals surface area contributed by atoms with Crippen LogP contribution in [0.2, 0.25) is 0 Å². The molecule has 0 fully saturated rings. The van der Waals surface area contributed by atoms with Crippen LogP contribution in [0.3, 0.4) is 0 Å². The summed E-state index contributed by atoms with van der Waals surface area (Å²) in [4.78, 5) is 12.8. The van der Waals surface area contributed by atoms with Crippen LogP contribution in [-0.2, 0) is 14.6 Å². The minimum atomic E-state index is -3.41. The lowest BCUT2D eigenvalue weighted by atomic mass is 10.2. The number of nitrogens with two attached hydrogens (primary N) is 2. The zero-order valence-electron chi connectivity index (χ0n) is 11.3. The van der Waals surface area contributed by atoms with Crippen molar-refractivity contribution in [3.63, 3.8) is 0 Å². The average Bonchev–Trinajstić information content (AvgIpc) is 2.24. The van der Waals surface area contributed by atoms with E-state index in [0.717, 1.165) is 6.26 Å². The molecule has 0 bridgehead atoms. The third kappa shape index (κ3) is 3.60. The van der Waals surface area contributed by atoms with Crippen LogP contribution in [0.5, 0.6) is 0 Å². The maximum atomic E-state index is 11.6. The highest BCUT2D eigenvalue weighted by molar-refractivity contribution is 7.90. The predicted octanol–water partition coefficient (Wildman–Crippen LogP) is 0.372. The Kier molecular flexibility index (Phi) is 4.41. The number of anilines is 2. The molecule has 6 nitrogen and oxygen atoms in total. The van der Waals surface area contributed by atoms with E-state index in [0.29, 0.717) is 5.69 Å². The molecule has 0 unspecified atom stereocenters. The van der Waals surface area contributed by atoms with E-state index in [1.807, 2.05) is 13.8 Å². The Balaban J connectivity index is 3.37. The van der Waals surface area contributed by atoms with Gasteiger partial charge in [-0.2, -0.15) is 0 Å². The van der Waals surface area contributed by atoms with Crippen LogP contribution in [-0.4, -0.2) is 33.2 Å². The van der Waals surface area contributed by atoms with E-state index in [2.05, 4.69) is 0 Å². The van der Waals surface area contributed by atoms with Crippen molar-refractivity contribution in [2.75, 3.05) is 23.4 Å². The summed E-state index contributed by atoms with van der Waals surface area (Å²) < 4.78 is 23.3. The topological polar surface area (TPSA) is 106 Å². The standard InChI is InChI=1S/C12H19N3O3S/c1-8(2)15(7-11(13)16)9-5-4-6-10(12(9)14)19(3,17)18/h4-6,8H,7,14H2,1-3H3,(H2,13,16). The Morgan fingerprint density at radius 3 is 2.37 bits per heavy atom. The van der Waals surface area contributed by atoms with Gasteiger partial charge in [-0.25, -0.2) is 8.42 Å². The van der Waals surface area contributed by atoms with E-state index >= 15 is 0 Å². The number of sulfone groups is 1. The van der Waals surface area contributed by atoms with Crippen molar-refractivity contribution in [2.45, 2.75) is 24.8 Å². The summed E-state index contributed by atoms with van der Waals surface area (Å²) in [5, 5.41) is 0. The minimum Gasteiger partial charge on any atom is -0.396 e. The Morgan fingerprint density at radius 1 is 1.37 bits per heavy atom. The molecule has 0 saturated heterocycles. The van der Waals surface area contributed by atoms with Crippen molar-refractivity contribution in [1.82, 2.24) is 0 Å². The average molecular weight is 285 g/mol. The second kappa shape index (κ2) is 5.48. The molecule has 0 aliphatic carbocycles.